The molecule has 2 saturated carbocycles. The number of nitrogens with one attached hydrogen (secondary N) is 1. The lowest BCUT2D eigenvalue weighted by Gasteiger charge is -2.30. The molecule has 1 aliphatic heterocycles. The van der Waals surface area contributed by atoms with Crippen LogP contribution in [0.5, 0.6) is 0 Å². The predicted octanol–water partition coefficient (Wildman–Crippen LogP) is 3.68. The summed E-state index contributed by atoms with van der Waals surface area (Å²) in [6.45, 7) is 1.73. The van der Waals surface area contributed by atoms with Crippen LogP contribution in [0, 0.1) is 0 Å². The molecule has 1 N–H and O–H groups in total. The minimum Gasteiger partial charge on any atom is -0.338 e. The maximum atomic E-state index is 13.6. The van der Waals surface area contributed by atoms with E-state index < -0.39 is 0 Å². The first-order valence-electron chi connectivity index (χ1n) is 12.1. The fourth-order valence-corrected chi connectivity index (χ4v) is 6.18. The lowest BCUT2D eigenvalue weighted by molar-refractivity contribution is -0.132. The van der Waals surface area contributed by atoms with E-state index in [0.717, 1.165) is 23.1 Å². The quantitative estimate of drug-likeness (QED) is 0.649. The Balaban J connectivity index is 1.35. The van der Waals surface area contributed by atoms with Crippen LogP contribution in [0.25, 0.3) is 5.69 Å². The first-order chi connectivity index (χ1) is 15.7. The van der Waals surface area contributed by atoms with Gasteiger partial charge in [0.25, 0.3) is 5.56 Å². The van der Waals surface area contributed by atoms with Crippen LogP contribution in [0.3, 0.4) is 0 Å². The van der Waals surface area contributed by atoms with E-state index in [2.05, 4.69) is 5.32 Å². The zero-order chi connectivity index (χ0) is 21.9. The Hall–Kier alpha value is -2.12. The summed E-state index contributed by atoms with van der Waals surface area (Å²) in [6.07, 6.45) is 9.78. The highest BCUT2D eigenvalue weighted by atomic mass is 32.2. The monoisotopic (exact) mass is 452 g/mol. The van der Waals surface area contributed by atoms with E-state index in [0.29, 0.717) is 42.8 Å². The van der Waals surface area contributed by atoms with Crippen LogP contribution >= 0.6 is 11.8 Å². The number of fused-ring (bicyclic) bond motifs is 1. The van der Waals surface area contributed by atoms with Gasteiger partial charge in [0.2, 0.25) is 5.91 Å². The smallest absolute Gasteiger partial charge is 0.264 e. The predicted molar refractivity (Wildman–Crippen MR) is 127 cm³/mol. The molecule has 5 rings (SSSR count). The summed E-state index contributed by atoms with van der Waals surface area (Å²) in [5.41, 5.74) is 2.37. The van der Waals surface area contributed by atoms with E-state index in [9.17, 15) is 9.59 Å². The molecular weight excluding hydrogens is 420 g/mol. The summed E-state index contributed by atoms with van der Waals surface area (Å²) in [4.78, 5) is 33.3. The summed E-state index contributed by atoms with van der Waals surface area (Å²) in [5, 5.41) is 4.86. The van der Waals surface area contributed by atoms with Gasteiger partial charge in [0.15, 0.2) is 5.16 Å². The second-order valence-electron chi connectivity index (χ2n) is 9.22. The Bertz CT molecular complexity index is 1010. The van der Waals surface area contributed by atoms with Crippen LogP contribution in [0.15, 0.2) is 40.3 Å². The zero-order valence-electron chi connectivity index (χ0n) is 18.6. The Kier molecular flexibility index (Phi) is 6.64. The molecule has 32 heavy (non-hydrogen) atoms. The molecule has 2 heterocycles. The van der Waals surface area contributed by atoms with Crippen LogP contribution in [0.4, 0.5) is 0 Å². The largest absolute Gasteiger partial charge is 0.338 e. The molecule has 6 nitrogen and oxygen atoms in total. The van der Waals surface area contributed by atoms with E-state index >= 15 is 0 Å². The SMILES string of the molecule is O=C(CCNC1CCCC1)N1CCc2nc(SC3CCC3)n(-c3ccccc3)c(=O)c2C1. The number of carbonyl (C=O) groups excluding carboxylic acids is 1. The van der Waals surface area contributed by atoms with Crippen molar-refractivity contribution < 1.29 is 4.79 Å². The number of benzene rings is 1. The van der Waals surface area contributed by atoms with Crippen LogP contribution in [0.2, 0.25) is 0 Å². The average molecular weight is 453 g/mol. The molecule has 0 saturated heterocycles. The summed E-state index contributed by atoms with van der Waals surface area (Å²) in [7, 11) is 0. The minimum absolute atomic E-state index is 0.0235. The van der Waals surface area contributed by atoms with Gasteiger partial charge in [0, 0.05) is 37.2 Å². The molecule has 1 aromatic heterocycles. The highest BCUT2D eigenvalue weighted by Gasteiger charge is 2.28. The van der Waals surface area contributed by atoms with E-state index in [1.807, 2.05) is 35.2 Å². The average Bonchev–Trinajstić information content (AvgIpc) is 3.30. The molecule has 2 aliphatic carbocycles. The zero-order valence-corrected chi connectivity index (χ0v) is 19.4. The fraction of sp³-hybridized carbons (Fsp3) is 0.560. The van der Waals surface area contributed by atoms with Crippen LogP contribution < -0.4 is 10.9 Å². The van der Waals surface area contributed by atoms with Gasteiger partial charge in [-0.2, -0.15) is 0 Å². The number of aromatic nitrogens is 2. The molecule has 3 aliphatic rings. The number of hydrogen-bond acceptors (Lipinski definition) is 5. The standard InChI is InChI=1S/C25H32N4O2S/c30-23(13-15-26-18-7-4-5-8-18)28-16-14-22-21(17-28)24(31)29(19-9-2-1-3-10-19)25(27-22)32-20-11-6-12-20/h1-3,9-10,18,20,26H,4-8,11-17H2. The maximum absolute atomic E-state index is 13.6. The number of hydrogen-bond donors (Lipinski definition) is 1. The van der Waals surface area contributed by atoms with Gasteiger partial charge in [0.05, 0.1) is 23.5 Å². The van der Waals surface area contributed by atoms with E-state index in [-0.39, 0.29) is 11.5 Å². The molecule has 0 bridgehead atoms. The molecule has 1 aromatic carbocycles. The van der Waals surface area contributed by atoms with Crippen molar-refractivity contribution in [2.45, 2.75) is 80.8 Å². The van der Waals surface area contributed by atoms with Crippen molar-refractivity contribution in [2.75, 3.05) is 13.1 Å². The summed E-state index contributed by atoms with van der Waals surface area (Å²) in [6, 6.07) is 10.3. The highest BCUT2D eigenvalue weighted by Crippen LogP contribution is 2.36. The number of rotatable bonds is 7. The van der Waals surface area contributed by atoms with Crippen molar-refractivity contribution in [3.05, 3.63) is 51.9 Å². The van der Waals surface area contributed by atoms with Crippen molar-refractivity contribution in [1.29, 1.82) is 0 Å². The minimum atomic E-state index is -0.0235. The van der Waals surface area contributed by atoms with E-state index in [1.165, 1.54) is 44.9 Å². The molecule has 2 aromatic rings. The third kappa shape index (κ3) is 4.64. The Morgan fingerprint density at radius 3 is 2.59 bits per heavy atom. The van der Waals surface area contributed by atoms with Gasteiger partial charge in [-0.15, -0.1) is 0 Å². The molecule has 1 amide bonds. The summed E-state index contributed by atoms with van der Waals surface area (Å²) >= 11 is 1.73. The van der Waals surface area contributed by atoms with Gasteiger partial charge in [-0.3, -0.25) is 14.2 Å². The summed E-state index contributed by atoms with van der Waals surface area (Å²) < 4.78 is 1.76. The number of thioether (sulfide) groups is 1. The summed E-state index contributed by atoms with van der Waals surface area (Å²) in [5.74, 6) is 0.125. The Labute approximate surface area is 193 Å². The van der Waals surface area contributed by atoms with Crippen molar-refractivity contribution >= 4 is 17.7 Å². The third-order valence-corrected chi connectivity index (χ3v) is 8.31. The highest BCUT2D eigenvalue weighted by molar-refractivity contribution is 7.99. The molecule has 170 valence electrons. The van der Waals surface area contributed by atoms with Crippen LogP contribution in [-0.4, -0.2) is 44.7 Å². The van der Waals surface area contributed by atoms with Gasteiger partial charge in [0.1, 0.15) is 0 Å². The van der Waals surface area contributed by atoms with Gasteiger partial charge >= 0.3 is 0 Å². The van der Waals surface area contributed by atoms with Gasteiger partial charge < -0.3 is 10.2 Å². The Morgan fingerprint density at radius 1 is 1.09 bits per heavy atom. The molecule has 0 unspecified atom stereocenters. The maximum Gasteiger partial charge on any atom is 0.264 e. The van der Waals surface area contributed by atoms with Gasteiger partial charge in [-0.1, -0.05) is 49.2 Å². The number of carbonyl (C=O) groups is 1. The lowest BCUT2D eigenvalue weighted by Crippen LogP contribution is -2.42. The number of nitrogens with zero attached hydrogens (tertiary/aromatic N) is 3. The first kappa shape index (κ1) is 21.7. The fourth-order valence-electron chi connectivity index (χ4n) is 4.86. The molecule has 0 spiro atoms. The molecule has 0 radical (unpaired) electrons. The third-order valence-electron chi connectivity index (χ3n) is 7.02. The number of para-hydroxylation sites is 1. The van der Waals surface area contributed by atoms with Crippen molar-refractivity contribution in [3.63, 3.8) is 0 Å². The first-order valence-corrected chi connectivity index (χ1v) is 12.9. The second kappa shape index (κ2) is 9.79. The van der Waals surface area contributed by atoms with Crippen LogP contribution in [-0.2, 0) is 17.8 Å². The topological polar surface area (TPSA) is 67.2 Å². The van der Waals surface area contributed by atoms with Crippen molar-refractivity contribution in [1.82, 2.24) is 19.8 Å². The molecule has 7 heteroatoms. The van der Waals surface area contributed by atoms with Gasteiger partial charge in [-0.05, 0) is 37.8 Å². The molecule has 0 atom stereocenters. The van der Waals surface area contributed by atoms with E-state index in [1.54, 1.807) is 16.3 Å². The van der Waals surface area contributed by atoms with Gasteiger partial charge in [-0.25, -0.2) is 4.98 Å². The van der Waals surface area contributed by atoms with Crippen LogP contribution in [0.1, 0.15) is 62.6 Å². The van der Waals surface area contributed by atoms with Crippen molar-refractivity contribution in [3.8, 4) is 5.69 Å². The number of amides is 1. The normalized spacial score (nSPS) is 19.1. The van der Waals surface area contributed by atoms with E-state index in [4.69, 9.17) is 4.98 Å². The van der Waals surface area contributed by atoms with Crippen molar-refractivity contribution in [2.24, 2.45) is 0 Å². The Morgan fingerprint density at radius 2 is 1.88 bits per heavy atom. The second-order valence-corrected chi connectivity index (χ2v) is 10.5. The molecular formula is C25H32N4O2S. The lowest BCUT2D eigenvalue weighted by atomic mass is 10.0. The molecule has 2 fully saturated rings.